The van der Waals surface area contributed by atoms with Crippen molar-refractivity contribution in [1.29, 1.82) is 0 Å². The maximum atomic E-state index is 10.4. The van der Waals surface area contributed by atoms with Crippen molar-refractivity contribution in [3.05, 3.63) is 141 Å². The zero-order valence-electron chi connectivity index (χ0n) is 26.9. The molecule has 0 saturated heterocycles. The quantitative estimate of drug-likeness (QED) is 0.145. The van der Waals surface area contributed by atoms with E-state index in [4.69, 9.17) is 0 Å². The Hall–Kier alpha value is -4.36. The Labute approximate surface area is 262 Å². The molecule has 0 heterocycles. The first-order valence-electron chi connectivity index (χ1n) is 14.8. The standard InChI is InChI=1S/C37H50O7/c1-25-12-7-17-32(39)26(2)13-9-19-34(41)28(4)15-11-21-36(43)30(6)24-31(38)22-23-37(44)29(5)16-10-20-35(42)27(3)14-8-18-33(25)40/h12-21,23-24,31,38-44H,7-11,22H2,1-6H3/b25-12-,26-13-,27-14-,28-15-,29-16-,30-24-,32-17+,33-18+,34-19+,35-20+,36-21+,37-23+. The highest BCUT2D eigenvalue weighted by molar-refractivity contribution is 5.31. The van der Waals surface area contributed by atoms with Crippen molar-refractivity contribution in [2.75, 3.05) is 0 Å². The molecule has 0 aromatic carbocycles. The molecule has 7 nitrogen and oxygen atoms in total. The van der Waals surface area contributed by atoms with E-state index in [1.165, 1.54) is 12.2 Å². The van der Waals surface area contributed by atoms with E-state index in [0.717, 1.165) is 0 Å². The number of hydrogen-bond donors (Lipinski definition) is 7. The SMILES string of the molecule is CC1=C/C/C=C(O)\C(C)=C/C/C=C(O)\C(C)=C/C(O)C/C=C(O)\C(C)=C/C/C=C(O)\C(C)=C/C/C=C(O)\C(C)=C/C/C=C\1O. The van der Waals surface area contributed by atoms with E-state index in [1.54, 1.807) is 102 Å². The zero-order valence-corrected chi connectivity index (χ0v) is 26.9. The van der Waals surface area contributed by atoms with Gasteiger partial charge in [0.05, 0.1) is 6.10 Å². The van der Waals surface area contributed by atoms with Gasteiger partial charge in [0, 0.05) is 0 Å². The van der Waals surface area contributed by atoms with Crippen LogP contribution < -0.4 is 0 Å². The monoisotopic (exact) mass is 606 g/mol. The molecule has 1 unspecified atom stereocenters. The summed E-state index contributed by atoms with van der Waals surface area (Å²) in [7, 11) is 0. The van der Waals surface area contributed by atoms with Crippen LogP contribution in [0.1, 0.15) is 80.1 Å². The third kappa shape index (κ3) is 14.7. The van der Waals surface area contributed by atoms with Gasteiger partial charge in [-0.05, 0) is 156 Å². The predicted molar refractivity (Wildman–Crippen MR) is 181 cm³/mol. The summed E-state index contributed by atoms with van der Waals surface area (Å²) in [5.74, 6) is 0.426. The smallest absolute Gasteiger partial charge is 0.114 e. The lowest BCUT2D eigenvalue weighted by Gasteiger charge is -2.07. The zero-order chi connectivity index (χ0) is 33.2. The van der Waals surface area contributed by atoms with Gasteiger partial charge in [-0.25, -0.2) is 0 Å². The lowest BCUT2D eigenvalue weighted by molar-refractivity contribution is 0.223. The molecule has 44 heavy (non-hydrogen) atoms. The summed E-state index contributed by atoms with van der Waals surface area (Å²) in [6.45, 7) is 10.5. The Kier molecular flexibility index (Phi) is 16.9. The lowest BCUT2D eigenvalue weighted by atomic mass is 10.1. The van der Waals surface area contributed by atoms with Crippen molar-refractivity contribution in [3.8, 4) is 0 Å². The number of aliphatic hydroxyl groups excluding tert-OH is 7. The second-order valence-corrected chi connectivity index (χ2v) is 10.8. The van der Waals surface area contributed by atoms with Crippen LogP contribution in [-0.2, 0) is 0 Å². The molecule has 1 atom stereocenters. The summed E-state index contributed by atoms with van der Waals surface area (Å²) in [4.78, 5) is 0. The van der Waals surface area contributed by atoms with Crippen molar-refractivity contribution < 1.29 is 35.7 Å². The fourth-order valence-corrected chi connectivity index (χ4v) is 3.90. The van der Waals surface area contributed by atoms with Crippen molar-refractivity contribution in [2.24, 2.45) is 0 Å². The van der Waals surface area contributed by atoms with Crippen molar-refractivity contribution >= 4 is 0 Å². The van der Waals surface area contributed by atoms with Crippen LogP contribution in [0.5, 0.6) is 0 Å². The van der Waals surface area contributed by atoms with Gasteiger partial charge >= 0.3 is 0 Å². The Bertz CT molecular complexity index is 1370. The number of hydrogen-bond acceptors (Lipinski definition) is 7. The van der Waals surface area contributed by atoms with E-state index in [0.29, 0.717) is 65.5 Å². The van der Waals surface area contributed by atoms with Crippen LogP contribution in [-0.4, -0.2) is 41.8 Å². The normalized spacial score (nSPS) is 34.8. The Morgan fingerprint density at radius 1 is 0.364 bits per heavy atom. The molecule has 0 amide bonds. The maximum absolute atomic E-state index is 10.4. The molecule has 7 N–H and O–H groups in total. The van der Waals surface area contributed by atoms with E-state index < -0.39 is 6.10 Å². The summed E-state index contributed by atoms with van der Waals surface area (Å²) in [5, 5.41) is 72.6. The molecule has 0 saturated carbocycles. The van der Waals surface area contributed by atoms with Gasteiger partial charge in [0.25, 0.3) is 0 Å². The topological polar surface area (TPSA) is 142 Å². The van der Waals surface area contributed by atoms with Crippen molar-refractivity contribution in [3.63, 3.8) is 0 Å². The first-order chi connectivity index (χ1) is 20.7. The Morgan fingerprint density at radius 3 is 0.864 bits per heavy atom. The third-order valence-corrected chi connectivity index (χ3v) is 7.10. The highest BCUT2D eigenvalue weighted by Crippen LogP contribution is 2.17. The van der Waals surface area contributed by atoms with E-state index in [9.17, 15) is 35.7 Å². The molecular formula is C37H50O7. The largest absolute Gasteiger partial charge is 0.508 e. The van der Waals surface area contributed by atoms with Crippen LogP contribution >= 0.6 is 0 Å². The van der Waals surface area contributed by atoms with Crippen LogP contribution in [0, 0.1) is 0 Å². The van der Waals surface area contributed by atoms with Crippen LogP contribution in [0.4, 0.5) is 0 Å². The highest BCUT2D eigenvalue weighted by Gasteiger charge is 2.05. The number of allylic oxidation sites excluding steroid dienone is 16. The van der Waals surface area contributed by atoms with Gasteiger partial charge in [0.15, 0.2) is 0 Å². The molecule has 1 rings (SSSR count). The highest BCUT2D eigenvalue weighted by atomic mass is 16.3. The van der Waals surface area contributed by atoms with Gasteiger partial charge in [-0.2, -0.15) is 0 Å². The first-order valence-corrected chi connectivity index (χ1v) is 14.8. The average Bonchev–Trinajstić information content (AvgIpc) is 2.98. The molecule has 240 valence electrons. The average molecular weight is 607 g/mol. The van der Waals surface area contributed by atoms with Gasteiger partial charge in [-0.1, -0.05) is 30.4 Å². The molecule has 0 aromatic rings. The van der Waals surface area contributed by atoms with Crippen LogP contribution in [0.15, 0.2) is 141 Å². The summed E-state index contributed by atoms with van der Waals surface area (Å²) in [6, 6.07) is 0. The molecule has 0 bridgehead atoms. The van der Waals surface area contributed by atoms with E-state index in [2.05, 4.69) is 0 Å². The maximum Gasteiger partial charge on any atom is 0.114 e. The van der Waals surface area contributed by atoms with Gasteiger partial charge in [0.1, 0.15) is 34.6 Å². The summed E-state index contributed by atoms with van der Waals surface area (Å²) < 4.78 is 0. The van der Waals surface area contributed by atoms with Crippen LogP contribution in [0.3, 0.4) is 0 Å². The third-order valence-electron chi connectivity index (χ3n) is 7.10. The lowest BCUT2D eigenvalue weighted by Crippen LogP contribution is -2.03. The molecule has 0 spiro atoms. The summed E-state index contributed by atoms with van der Waals surface area (Å²) in [6.07, 6.45) is 21.2. The fraction of sp³-hybridized carbons (Fsp3) is 0.351. The van der Waals surface area contributed by atoms with E-state index in [1.807, 2.05) is 0 Å². The van der Waals surface area contributed by atoms with E-state index >= 15 is 0 Å². The first kappa shape index (κ1) is 37.7. The molecule has 7 heteroatoms. The molecule has 1 aliphatic carbocycles. The van der Waals surface area contributed by atoms with Crippen molar-refractivity contribution in [1.82, 2.24) is 0 Å². The predicted octanol–water partition coefficient (Wildman–Crippen LogP) is 10.0. The molecule has 0 radical (unpaired) electrons. The number of aliphatic hydroxyl groups is 7. The molecular weight excluding hydrogens is 556 g/mol. The second-order valence-electron chi connectivity index (χ2n) is 10.8. The molecule has 1 aliphatic rings. The summed E-state index contributed by atoms with van der Waals surface area (Å²) >= 11 is 0. The second kappa shape index (κ2) is 19.8. The van der Waals surface area contributed by atoms with Gasteiger partial charge < -0.3 is 35.7 Å². The Morgan fingerprint density at radius 2 is 0.591 bits per heavy atom. The minimum Gasteiger partial charge on any atom is -0.508 e. The minimum atomic E-state index is -0.926. The van der Waals surface area contributed by atoms with Crippen molar-refractivity contribution in [2.45, 2.75) is 86.2 Å². The molecule has 0 aliphatic heterocycles. The van der Waals surface area contributed by atoms with Gasteiger partial charge in [-0.15, -0.1) is 0 Å². The minimum absolute atomic E-state index is 0.00371. The van der Waals surface area contributed by atoms with Crippen LogP contribution in [0.2, 0.25) is 0 Å². The molecule has 0 aromatic heterocycles. The van der Waals surface area contributed by atoms with Gasteiger partial charge in [-0.3, -0.25) is 0 Å². The van der Waals surface area contributed by atoms with Crippen LogP contribution in [0.25, 0.3) is 0 Å². The molecule has 0 fully saturated rings. The number of rotatable bonds is 0. The Balaban J connectivity index is 3.30. The fourth-order valence-electron chi connectivity index (χ4n) is 3.90. The van der Waals surface area contributed by atoms with Gasteiger partial charge in [0.2, 0.25) is 0 Å². The summed E-state index contributed by atoms with van der Waals surface area (Å²) in [5.41, 5.74) is 3.65. The van der Waals surface area contributed by atoms with E-state index in [-0.39, 0.29) is 41.0 Å².